The Morgan fingerprint density at radius 3 is 1.18 bits per heavy atom. The van der Waals surface area contributed by atoms with E-state index in [0.29, 0.717) is 11.1 Å². The van der Waals surface area contributed by atoms with Crippen molar-refractivity contribution in [1.29, 1.82) is 10.5 Å². The van der Waals surface area contributed by atoms with Crippen molar-refractivity contribution in [2.45, 2.75) is 0 Å². The molecule has 0 bridgehead atoms. The van der Waals surface area contributed by atoms with E-state index in [2.05, 4.69) is 130 Å². The van der Waals surface area contributed by atoms with Crippen molar-refractivity contribution >= 4 is 87.5 Å². The van der Waals surface area contributed by atoms with Crippen LogP contribution in [0.2, 0.25) is 0 Å². The van der Waals surface area contributed by atoms with Gasteiger partial charge in [0.25, 0.3) is 0 Å². The minimum atomic E-state index is 0.625. The number of nitriles is 2. The van der Waals surface area contributed by atoms with Crippen LogP contribution in [0.15, 0.2) is 167 Å². The first-order valence-corrected chi connectivity index (χ1v) is 18.4. The number of para-hydroxylation sites is 2. The van der Waals surface area contributed by atoms with Gasteiger partial charge in [0.1, 0.15) is 22.3 Å². The van der Waals surface area contributed by atoms with Crippen LogP contribution in [0.4, 0.5) is 0 Å². The van der Waals surface area contributed by atoms with Gasteiger partial charge >= 0.3 is 0 Å². The van der Waals surface area contributed by atoms with Gasteiger partial charge in [0, 0.05) is 54.5 Å². The van der Waals surface area contributed by atoms with Crippen molar-refractivity contribution in [2.24, 2.45) is 0 Å². The number of fused-ring (bicyclic) bond motifs is 12. The predicted molar refractivity (Wildman–Crippen MR) is 225 cm³/mol. The average Bonchev–Trinajstić information content (AvgIpc) is 3.99. The Morgan fingerprint density at radius 2 is 0.732 bits per heavy atom. The first-order chi connectivity index (χ1) is 27.6. The summed E-state index contributed by atoms with van der Waals surface area (Å²) in [4.78, 5) is 0. The first kappa shape index (κ1) is 30.4. The molecule has 12 aromatic rings. The molecule has 0 radical (unpaired) electrons. The molecule has 6 heteroatoms. The molecular weight excluding hydrogens is 689 g/mol. The van der Waals surface area contributed by atoms with Gasteiger partial charge in [0.2, 0.25) is 0 Å². The lowest BCUT2D eigenvalue weighted by Crippen LogP contribution is -1.93. The molecule has 56 heavy (non-hydrogen) atoms. The highest BCUT2D eigenvalue weighted by atomic mass is 16.3. The number of rotatable bonds is 3. The number of aromatic nitrogens is 2. The summed E-state index contributed by atoms with van der Waals surface area (Å²) in [7, 11) is 0. The zero-order chi connectivity index (χ0) is 37.1. The van der Waals surface area contributed by atoms with Crippen molar-refractivity contribution in [1.82, 2.24) is 9.13 Å². The molecule has 0 atom stereocenters. The van der Waals surface area contributed by atoms with E-state index in [-0.39, 0.29) is 0 Å². The highest BCUT2D eigenvalue weighted by Crippen LogP contribution is 2.40. The molecule has 258 valence electrons. The van der Waals surface area contributed by atoms with Gasteiger partial charge in [0.05, 0.1) is 45.3 Å². The van der Waals surface area contributed by atoms with E-state index in [1.807, 2.05) is 48.5 Å². The second-order valence-corrected chi connectivity index (χ2v) is 14.4. The van der Waals surface area contributed by atoms with Crippen molar-refractivity contribution in [2.75, 3.05) is 0 Å². The quantitative estimate of drug-likeness (QED) is 0.182. The third kappa shape index (κ3) is 4.24. The van der Waals surface area contributed by atoms with E-state index in [1.165, 1.54) is 0 Å². The van der Waals surface area contributed by atoms with E-state index < -0.39 is 0 Å². The summed E-state index contributed by atoms with van der Waals surface area (Å²) >= 11 is 0. The number of nitrogens with zero attached hydrogens (tertiary/aromatic N) is 4. The lowest BCUT2D eigenvalue weighted by atomic mass is 10.0. The van der Waals surface area contributed by atoms with Crippen LogP contribution < -0.4 is 0 Å². The standard InChI is InChI=1S/C50H26N4O2/c51-27-29-9-15-37-35-5-1-3-7-43(35)53(45(37)21-29)33-13-19-49-41(25-33)39-23-31(11-17-47(39)55-49)32-12-18-48-40(24-32)42-26-34(14-20-50(42)56-48)54-44-8-4-2-6-36(44)38-16-10-30(28-52)22-46(38)54/h1-26H. The van der Waals surface area contributed by atoms with Crippen LogP contribution >= 0.6 is 0 Å². The SMILES string of the molecule is N#Cc1ccc2c3ccccc3n(-c3ccc4oc5ccc(-c6ccc7oc8ccc(-n9c%10ccccc%10c%10ccc(C#N)cc%109)cc8c7c6)cc5c4c3)c2c1. The van der Waals surface area contributed by atoms with Gasteiger partial charge in [-0.3, -0.25) is 0 Å². The zero-order valence-corrected chi connectivity index (χ0v) is 29.6. The number of hydrogen-bond acceptors (Lipinski definition) is 4. The molecule has 0 saturated carbocycles. The molecule has 4 aromatic heterocycles. The molecule has 4 heterocycles. The predicted octanol–water partition coefficient (Wildman–Crippen LogP) is 13.1. The van der Waals surface area contributed by atoms with Gasteiger partial charge in [-0.2, -0.15) is 10.5 Å². The maximum Gasteiger partial charge on any atom is 0.135 e. The Morgan fingerprint density at radius 1 is 0.339 bits per heavy atom. The minimum absolute atomic E-state index is 0.625. The Bertz CT molecular complexity index is 3500. The summed E-state index contributed by atoms with van der Waals surface area (Å²) in [6, 6.07) is 58.6. The van der Waals surface area contributed by atoms with Crippen LogP contribution in [0.3, 0.4) is 0 Å². The fourth-order valence-electron chi connectivity index (χ4n) is 8.80. The molecule has 0 aliphatic carbocycles. The van der Waals surface area contributed by atoms with Crippen LogP contribution in [-0.4, -0.2) is 9.13 Å². The van der Waals surface area contributed by atoms with Gasteiger partial charge in [-0.05, 0) is 108 Å². The monoisotopic (exact) mass is 714 g/mol. The summed E-state index contributed by atoms with van der Waals surface area (Å²) in [5.74, 6) is 0. The maximum absolute atomic E-state index is 9.73. The summed E-state index contributed by atoms with van der Waals surface area (Å²) < 4.78 is 17.2. The topological polar surface area (TPSA) is 83.7 Å². The van der Waals surface area contributed by atoms with Gasteiger partial charge in [-0.15, -0.1) is 0 Å². The molecular formula is C50H26N4O2. The van der Waals surface area contributed by atoms with E-state index in [0.717, 1.165) is 110 Å². The highest BCUT2D eigenvalue weighted by Gasteiger charge is 2.18. The fraction of sp³-hybridized carbons (Fsp3) is 0. The van der Waals surface area contributed by atoms with Crippen LogP contribution in [0.5, 0.6) is 0 Å². The number of furan rings is 2. The Kier molecular flexibility index (Phi) is 6.10. The second kappa shape index (κ2) is 11.2. The molecule has 6 nitrogen and oxygen atoms in total. The van der Waals surface area contributed by atoms with Gasteiger partial charge in [-0.25, -0.2) is 0 Å². The Labute approximate surface area is 318 Å². The minimum Gasteiger partial charge on any atom is -0.456 e. The maximum atomic E-state index is 9.73. The molecule has 0 amide bonds. The smallest absolute Gasteiger partial charge is 0.135 e. The first-order valence-electron chi connectivity index (χ1n) is 18.4. The lowest BCUT2D eigenvalue weighted by molar-refractivity contribution is 0.668. The zero-order valence-electron chi connectivity index (χ0n) is 29.6. The van der Waals surface area contributed by atoms with E-state index >= 15 is 0 Å². The van der Waals surface area contributed by atoms with Crippen molar-refractivity contribution in [3.63, 3.8) is 0 Å². The van der Waals surface area contributed by atoms with Gasteiger partial charge in [0.15, 0.2) is 0 Å². The van der Waals surface area contributed by atoms with Crippen LogP contribution in [0.1, 0.15) is 11.1 Å². The molecule has 12 rings (SSSR count). The largest absolute Gasteiger partial charge is 0.456 e. The molecule has 0 fully saturated rings. The summed E-state index contributed by atoms with van der Waals surface area (Å²) in [6.07, 6.45) is 0. The van der Waals surface area contributed by atoms with E-state index in [9.17, 15) is 10.5 Å². The molecule has 0 aliphatic rings. The molecule has 0 saturated heterocycles. The molecule has 0 aliphatic heterocycles. The molecule has 0 unspecified atom stereocenters. The van der Waals surface area contributed by atoms with Crippen molar-refractivity contribution in [3.8, 4) is 34.6 Å². The Hall–Kier alpha value is -8.06. The van der Waals surface area contributed by atoms with Crippen LogP contribution in [-0.2, 0) is 0 Å². The third-order valence-corrected chi connectivity index (χ3v) is 11.4. The molecule has 8 aromatic carbocycles. The second-order valence-electron chi connectivity index (χ2n) is 14.4. The van der Waals surface area contributed by atoms with Crippen molar-refractivity contribution in [3.05, 3.63) is 169 Å². The van der Waals surface area contributed by atoms with Crippen molar-refractivity contribution < 1.29 is 8.83 Å². The average molecular weight is 715 g/mol. The number of benzene rings is 8. The van der Waals surface area contributed by atoms with Crippen LogP contribution in [0.25, 0.3) is 110 Å². The van der Waals surface area contributed by atoms with Crippen LogP contribution in [0, 0.1) is 22.7 Å². The molecule has 0 N–H and O–H groups in total. The fourth-order valence-corrected chi connectivity index (χ4v) is 8.80. The highest BCUT2D eigenvalue weighted by molar-refractivity contribution is 6.13. The summed E-state index contributed by atoms with van der Waals surface area (Å²) in [6.45, 7) is 0. The lowest BCUT2D eigenvalue weighted by Gasteiger charge is -2.08. The molecule has 0 spiro atoms. The Balaban J connectivity index is 1.01. The third-order valence-electron chi connectivity index (χ3n) is 11.4. The van der Waals surface area contributed by atoms with Gasteiger partial charge < -0.3 is 18.0 Å². The van der Waals surface area contributed by atoms with E-state index in [1.54, 1.807) is 0 Å². The van der Waals surface area contributed by atoms with Gasteiger partial charge in [-0.1, -0.05) is 60.7 Å². The summed E-state index contributed by atoms with van der Waals surface area (Å²) in [5.41, 5.74) is 12.8. The normalized spacial score (nSPS) is 11.9. The number of hydrogen-bond donors (Lipinski definition) is 0. The van der Waals surface area contributed by atoms with E-state index in [4.69, 9.17) is 8.83 Å². The summed E-state index contributed by atoms with van der Waals surface area (Å²) in [5, 5.41) is 28.1.